The molecule has 0 saturated carbocycles. The molecule has 0 bridgehead atoms. The average molecular weight is 287 g/mol. The van der Waals surface area contributed by atoms with E-state index in [9.17, 15) is 4.79 Å². The molecule has 0 fully saturated rings. The third-order valence-electron chi connectivity index (χ3n) is 3.81. The Morgan fingerprint density at radius 3 is 2.81 bits per heavy atom. The van der Waals surface area contributed by atoms with Gasteiger partial charge >= 0.3 is 0 Å². The minimum Gasteiger partial charge on any atom is -0.497 e. The zero-order valence-electron chi connectivity index (χ0n) is 12.2. The van der Waals surface area contributed by atoms with Crippen molar-refractivity contribution in [2.75, 3.05) is 19.5 Å². The number of hydrogen-bond acceptors (Lipinski definition) is 4. The van der Waals surface area contributed by atoms with Gasteiger partial charge in [-0.15, -0.1) is 0 Å². The average Bonchev–Trinajstić information content (AvgIpc) is 2.87. The number of hydrogen-bond donors (Lipinski definition) is 1. The first-order valence-electron chi connectivity index (χ1n) is 6.67. The Hall–Kier alpha value is -2.50. The summed E-state index contributed by atoms with van der Waals surface area (Å²) in [5, 5.41) is 7.10. The smallest absolute Gasteiger partial charge is 0.226 e. The highest BCUT2D eigenvalue weighted by Crippen LogP contribution is 2.41. The van der Waals surface area contributed by atoms with Gasteiger partial charge in [-0.3, -0.25) is 9.48 Å². The number of nitrogens with zero attached hydrogens (tertiary/aromatic N) is 2. The van der Waals surface area contributed by atoms with Gasteiger partial charge in [-0.25, -0.2) is 0 Å². The van der Waals surface area contributed by atoms with Gasteiger partial charge in [0.05, 0.1) is 20.4 Å². The van der Waals surface area contributed by atoms with E-state index in [2.05, 4.69) is 10.4 Å². The maximum Gasteiger partial charge on any atom is 0.226 e. The maximum atomic E-state index is 12.0. The maximum absolute atomic E-state index is 12.0. The lowest BCUT2D eigenvalue weighted by Gasteiger charge is -2.24. The van der Waals surface area contributed by atoms with Crippen LogP contribution in [0, 0.1) is 0 Å². The van der Waals surface area contributed by atoms with E-state index in [0.29, 0.717) is 12.2 Å². The highest BCUT2D eigenvalue weighted by atomic mass is 16.5. The predicted molar refractivity (Wildman–Crippen MR) is 77.8 cm³/mol. The molecular weight excluding hydrogens is 270 g/mol. The molecule has 1 aliphatic rings. The van der Waals surface area contributed by atoms with Crippen LogP contribution in [0.5, 0.6) is 11.5 Å². The minimum atomic E-state index is -0.0664. The topological polar surface area (TPSA) is 65.4 Å². The Kier molecular flexibility index (Phi) is 3.29. The number of fused-ring (bicyclic) bond motifs is 1. The molecule has 21 heavy (non-hydrogen) atoms. The van der Waals surface area contributed by atoms with Gasteiger partial charge in [0.25, 0.3) is 0 Å². The van der Waals surface area contributed by atoms with Gasteiger partial charge in [-0.05, 0) is 6.07 Å². The van der Waals surface area contributed by atoms with Crippen LogP contribution in [0.15, 0.2) is 24.4 Å². The summed E-state index contributed by atoms with van der Waals surface area (Å²) in [5.41, 5.74) is 1.96. The SMILES string of the molecule is COc1ccc([C@@H]2CC(=O)Nc3c2cnn3C)c(OC)c1. The third kappa shape index (κ3) is 2.22. The number of carbonyl (C=O) groups excluding carboxylic acids is 1. The molecule has 110 valence electrons. The highest BCUT2D eigenvalue weighted by Gasteiger charge is 2.31. The van der Waals surface area contributed by atoms with Crippen LogP contribution in [-0.4, -0.2) is 29.9 Å². The Balaban J connectivity index is 2.10. The lowest BCUT2D eigenvalue weighted by molar-refractivity contribution is -0.116. The molecular formula is C15H17N3O3. The van der Waals surface area contributed by atoms with Crippen molar-refractivity contribution < 1.29 is 14.3 Å². The van der Waals surface area contributed by atoms with Crippen LogP contribution in [0.2, 0.25) is 0 Å². The number of methoxy groups -OCH3 is 2. The van der Waals surface area contributed by atoms with Gasteiger partial charge in [0.1, 0.15) is 17.3 Å². The van der Waals surface area contributed by atoms with Crippen molar-refractivity contribution in [2.45, 2.75) is 12.3 Å². The molecule has 6 heteroatoms. The molecule has 0 spiro atoms. The van der Waals surface area contributed by atoms with E-state index >= 15 is 0 Å². The summed E-state index contributed by atoms with van der Waals surface area (Å²) in [6.07, 6.45) is 2.17. The number of rotatable bonds is 3. The summed E-state index contributed by atoms with van der Waals surface area (Å²) in [7, 11) is 5.04. The molecule has 1 amide bonds. The Morgan fingerprint density at radius 1 is 1.29 bits per heavy atom. The van der Waals surface area contributed by atoms with Crippen molar-refractivity contribution in [3.05, 3.63) is 35.5 Å². The fraction of sp³-hybridized carbons (Fsp3) is 0.333. The Morgan fingerprint density at radius 2 is 2.10 bits per heavy atom. The number of anilines is 1. The molecule has 1 aromatic carbocycles. The number of aryl methyl sites for hydroxylation is 1. The van der Waals surface area contributed by atoms with Gasteiger partial charge in [0.15, 0.2) is 0 Å². The normalized spacial score (nSPS) is 17.1. The number of nitrogens with one attached hydrogen (secondary N) is 1. The zero-order valence-corrected chi connectivity index (χ0v) is 12.2. The molecule has 0 saturated heterocycles. The van der Waals surface area contributed by atoms with Crippen LogP contribution in [0.25, 0.3) is 0 Å². The van der Waals surface area contributed by atoms with Crippen molar-refractivity contribution in [1.29, 1.82) is 0 Å². The van der Waals surface area contributed by atoms with Crippen molar-refractivity contribution in [3.63, 3.8) is 0 Å². The predicted octanol–water partition coefficient (Wildman–Crippen LogP) is 1.91. The molecule has 2 aromatic rings. The Labute approximate surface area is 122 Å². The van der Waals surface area contributed by atoms with Crippen molar-refractivity contribution in [2.24, 2.45) is 7.05 Å². The quantitative estimate of drug-likeness (QED) is 0.936. The third-order valence-corrected chi connectivity index (χ3v) is 3.81. The minimum absolute atomic E-state index is 0.0195. The van der Waals surface area contributed by atoms with E-state index in [-0.39, 0.29) is 11.8 Å². The first kappa shape index (κ1) is 13.5. The monoisotopic (exact) mass is 287 g/mol. The molecule has 3 rings (SSSR count). The number of amides is 1. The summed E-state index contributed by atoms with van der Waals surface area (Å²) in [5.74, 6) is 2.09. The van der Waals surface area contributed by atoms with Crippen LogP contribution < -0.4 is 14.8 Å². The van der Waals surface area contributed by atoms with E-state index in [1.807, 2.05) is 25.2 Å². The summed E-state index contributed by atoms with van der Waals surface area (Å²) in [6.45, 7) is 0. The summed E-state index contributed by atoms with van der Waals surface area (Å²) in [4.78, 5) is 12.0. The lowest BCUT2D eigenvalue weighted by Crippen LogP contribution is -2.24. The lowest BCUT2D eigenvalue weighted by atomic mass is 9.86. The Bertz CT molecular complexity index is 693. The van der Waals surface area contributed by atoms with Crippen molar-refractivity contribution >= 4 is 11.7 Å². The van der Waals surface area contributed by atoms with Gasteiger partial charge in [-0.2, -0.15) is 5.10 Å². The summed E-state index contributed by atoms with van der Waals surface area (Å²) >= 11 is 0. The fourth-order valence-electron chi connectivity index (χ4n) is 2.72. The van der Waals surface area contributed by atoms with Gasteiger partial charge in [0, 0.05) is 36.6 Å². The second kappa shape index (κ2) is 5.12. The number of carbonyl (C=O) groups is 1. The summed E-state index contributed by atoms with van der Waals surface area (Å²) < 4.78 is 12.4. The molecule has 0 radical (unpaired) electrons. The van der Waals surface area contributed by atoms with Gasteiger partial charge < -0.3 is 14.8 Å². The fourth-order valence-corrected chi connectivity index (χ4v) is 2.72. The van der Waals surface area contributed by atoms with Crippen molar-refractivity contribution in [3.8, 4) is 11.5 Å². The highest BCUT2D eigenvalue weighted by molar-refractivity contribution is 5.94. The van der Waals surface area contributed by atoms with Crippen LogP contribution in [0.3, 0.4) is 0 Å². The molecule has 0 unspecified atom stereocenters. The molecule has 1 atom stereocenters. The van der Waals surface area contributed by atoms with Crippen LogP contribution in [-0.2, 0) is 11.8 Å². The summed E-state index contributed by atoms with van der Waals surface area (Å²) in [6, 6.07) is 5.65. The molecule has 1 aromatic heterocycles. The number of benzene rings is 1. The second-order valence-electron chi connectivity index (χ2n) is 4.98. The standard InChI is InChI=1S/C15H17N3O3/c1-18-15-12(8-16-18)11(7-14(19)17-15)10-5-4-9(20-2)6-13(10)21-3/h4-6,8,11H,7H2,1-3H3,(H,17,19)/t11-/m0/s1. The van der Waals surface area contributed by atoms with Crippen LogP contribution in [0.4, 0.5) is 5.82 Å². The molecule has 0 aliphatic carbocycles. The number of ether oxygens (including phenoxy) is 2. The van der Waals surface area contributed by atoms with Crippen LogP contribution >= 0.6 is 0 Å². The first-order chi connectivity index (χ1) is 10.1. The van der Waals surface area contributed by atoms with E-state index in [1.165, 1.54) is 0 Å². The first-order valence-corrected chi connectivity index (χ1v) is 6.67. The molecule has 1 N–H and O–H groups in total. The van der Waals surface area contributed by atoms with Gasteiger partial charge in [0.2, 0.25) is 5.91 Å². The molecule has 6 nitrogen and oxygen atoms in total. The van der Waals surface area contributed by atoms with Crippen molar-refractivity contribution in [1.82, 2.24) is 9.78 Å². The molecule has 2 heterocycles. The molecule has 1 aliphatic heterocycles. The van der Waals surface area contributed by atoms with E-state index in [4.69, 9.17) is 9.47 Å². The van der Waals surface area contributed by atoms with Gasteiger partial charge in [-0.1, -0.05) is 6.07 Å². The second-order valence-corrected chi connectivity index (χ2v) is 4.98. The number of aromatic nitrogens is 2. The van der Waals surface area contributed by atoms with Crippen LogP contribution in [0.1, 0.15) is 23.5 Å². The van der Waals surface area contributed by atoms with E-state index in [1.54, 1.807) is 25.1 Å². The zero-order chi connectivity index (χ0) is 15.0. The largest absolute Gasteiger partial charge is 0.497 e. The van der Waals surface area contributed by atoms with E-state index in [0.717, 1.165) is 22.7 Å². The van der Waals surface area contributed by atoms with E-state index < -0.39 is 0 Å².